The van der Waals surface area contributed by atoms with Gasteiger partial charge in [-0.05, 0) is 0 Å². The number of aliphatic hydroxyl groups excluding tert-OH is 6. The highest BCUT2D eigenvalue weighted by molar-refractivity contribution is 7.85. The van der Waals surface area contributed by atoms with Gasteiger partial charge in [0, 0.05) is 0 Å². The predicted molar refractivity (Wildman–Crippen MR) is 55.7 cm³/mol. The molecule has 0 aromatic heterocycles. The molecule has 0 bridgehead atoms. The maximum absolute atomic E-state index is 9.19. The third-order valence-corrected chi connectivity index (χ3v) is 1.51. The van der Waals surface area contributed by atoms with Crippen LogP contribution in [0.15, 0.2) is 0 Å². The lowest BCUT2D eigenvalue weighted by Gasteiger charge is -2.24. The molecule has 0 aliphatic heterocycles. The van der Waals surface area contributed by atoms with Gasteiger partial charge in [-0.1, -0.05) is 0 Å². The molecule has 9 nitrogen and oxygen atoms in total. The summed E-state index contributed by atoms with van der Waals surface area (Å²) >= 11 is 0. The summed E-state index contributed by atoms with van der Waals surface area (Å²) in [5, 5.41) is 52.2. The largest absolute Gasteiger partial charge is 0.394 e. The minimum Gasteiger partial charge on any atom is -0.394 e. The predicted octanol–water partition coefficient (Wildman–Crippen LogP) is -4.08. The molecule has 0 aromatic rings. The Hall–Kier alpha value is -0.330. The van der Waals surface area contributed by atoms with Gasteiger partial charge in [0.2, 0.25) is 0 Å². The average Bonchev–Trinajstić information content (AvgIpc) is 2.22. The van der Waals surface area contributed by atoms with Crippen molar-refractivity contribution in [3.8, 4) is 0 Å². The van der Waals surface area contributed by atoms with Gasteiger partial charge in [0.05, 0.1) is 19.5 Å². The van der Waals surface area contributed by atoms with Crippen molar-refractivity contribution < 1.29 is 43.6 Å². The first-order valence-corrected chi connectivity index (χ1v) is 6.25. The van der Waals surface area contributed by atoms with Crippen molar-refractivity contribution in [1.29, 1.82) is 0 Å². The average molecular weight is 278 g/mol. The molecule has 0 aliphatic carbocycles. The molecular formula is C7H18O9S. The Morgan fingerprint density at radius 3 is 1.18 bits per heavy atom. The van der Waals surface area contributed by atoms with Crippen LogP contribution in [-0.4, -0.2) is 87.5 Å². The summed E-state index contributed by atoms with van der Waals surface area (Å²) in [4.78, 5) is 0. The van der Waals surface area contributed by atoms with Crippen LogP contribution in [0, 0.1) is 0 Å². The van der Waals surface area contributed by atoms with Crippen LogP contribution in [0.2, 0.25) is 0 Å². The first-order valence-electron chi connectivity index (χ1n) is 4.41. The van der Waals surface area contributed by atoms with Gasteiger partial charge >= 0.3 is 0 Å². The van der Waals surface area contributed by atoms with Crippen molar-refractivity contribution in [1.82, 2.24) is 0 Å². The fourth-order valence-corrected chi connectivity index (χ4v) is 0.671. The third-order valence-electron chi connectivity index (χ3n) is 1.51. The van der Waals surface area contributed by atoms with Crippen LogP contribution >= 0.6 is 0 Å². The van der Waals surface area contributed by atoms with Gasteiger partial charge in [0.1, 0.15) is 24.4 Å². The van der Waals surface area contributed by atoms with E-state index >= 15 is 0 Å². The zero-order valence-electron chi connectivity index (χ0n) is 9.08. The van der Waals surface area contributed by atoms with E-state index in [-0.39, 0.29) is 0 Å². The van der Waals surface area contributed by atoms with Crippen LogP contribution < -0.4 is 0 Å². The Morgan fingerprint density at radius 1 is 0.882 bits per heavy atom. The van der Waals surface area contributed by atoms with E-state index in [1.54, 1.807) is 0 Å². The summed E-state index contributed by atoms with van der Waals surface area (Å²) in [5.41, 5.74) is 0. The van der Waals surface area contributed by atoms with E-state index in [0.29, 0.717) is 6.26 Å². The van der Waals surface area contributed by atoms with Crippen molar-refractivity contribution in [2.45, 2.75) is 24.4 Å². The zero-order chi connectivity index (χ0) is 14.2. The van der Waals surface area contributed by atoms with Gasteiger partial charge in [-0.15, -0.1) is 0 Å². The molecule has 0 heterocycles. The highest BCUT2D eigenvalue weighted by Crippen LogP contribution is 2.03. The van der Waals surface area contributed by atoms with Gasteiger partial charge in [0.25, 0.3) is 10.1 Å². The van der Waals surface area contributed by atoms with Crippen LogP contribution in [0.4, 0.5) is 0 Å². The monoisotopic (exact) mass is 278 g/mol. The van der Waals surface area contributed by atoms with Gasteiger partial charge < -0.3 is 30.6 Å². The quantitative estimate of drug-likeness (QED) is 0.246. The topological polar surface area (TPSA) is 176 Å². The standard InChI is InChI=1S/C6H14O6.CH4O3S/c7-1-3(9)5(11)6(12)4(10)2-8;1-5(2,3)4/h3-12H,1-2H2;1H3,(H,2,3,4)/t3-,4-,5-,6-;/m1./s1. The third kappa shape index (κ3) is 11.9. The molecule has 17 heavy (non-hydrogen) atoms. The van der Waals surface area contributed by atoms with E-state index in [1.807, 2.05) is 0 Å². The van der Waals surface area contributed by atoms with Crippen LogP contribution in [-0.2, 0) is 10.1 Å². The Morgan fingerprint density at radius 2 is 1.06 bits per heavy atom. The first-order chi connectivity index (χ1) is 7.54. The number of aliphatic hydroxyl groups is 6. The smallest absolute Gasteiger partial charge is 0.261 e. The zero-order valence-corrected chi connectivity index (χ0v) is 9.90. The van der Waals surface area contributed by atoms with E-state index in [4.69, 9.17) is 35.2 Å². The van der Waals surface area contributed by atoms with E-state index in [2.05, 4.69) is 0 Å². The molecule has 0 fully saturated rings. The lowest BCUT2D eigenvalue weighted by molar-refractivity contribution is -0.123. The lowest BCUT2D eigenvalue weighted by atomic mass is 10.0. The van der Waals surface area contributed by atoms with Gasteiger partial charge in [-0.3, -0.25) is 4.55 Å². The normalized spacial score (nSPS) is 18.6. The second-order valence-corrected chi connectivity index (χ2v) is 4.68. The summed E-state index contributed by atoms with van der Waals surface area (Å²) in [7, 11) is -3.67. The second-order valence-electron chi connectivity index (χ2n) is 3.21. The van der Waals surface area contributed by atoms with Crippen LogP contribution in [0.5, 0.6) is 0 Å². The number of hydrogen-bond acceptors (Lipinski definition) is 8. The van der Waals surface area contributed by atoms with Gasteiger partial charge in [-0.25, -0.2) is 0 Å². The Labute approximate surface area is 98.3 Å². The summed E-state index contributed by atoms with van der Waals surface area (Å²) in [6.07, 6.45) is -5.68. The van der Waals surface area contributed by atoms with Crippen molar-refractivity contribution in [2.24, 2.45) is 0 Å². The molecule has 4 atom stereocenters. The highest BCUT2D eigenvalue weighted by atomic mass is 32.2. The Bertz CT molecular complexity index is 255. The van der Waals surface area contributed by atoms with Crippen LogP contribution in [0.25, 0.3) is 0 Å². The highest BCUT2D eigenvalue weighted by Gasteiger charge is 2.29. The number of hydrogen-bond donors (Lipinski definition) is 7. The SMILES string of the molecule is CS(=O)(=O)O.OC[C@@H](O)[C@@H](O)[C@H](O)[C@H](O)CO. The maximum atomic E-state index is 9.19. The molecule has 10 heteroatoms. The summed E-state index contributed by atoms with van der Waals surface area (Å²) in [6.45, 7) is -1.45. The molecule has 0 aromatic carbocycles. The fraction of sp³-hybridized carbons (Fsp3) is 1.00. The molecule has 0 saturated carbocycles. The summed E-state index contributed by atoms with van der Waals surface area (Å²) in [5.74, 6) is 0. The Kier molecular flexibility index (Phi) is 9.75. The Balaban J connectivity index is 0. The van der Waals surface area contributed by atoms with E-state index in [0.717, 1.165) is 0 Å². The fourth-order valence-electron chi connectivity index (χ4n) is 0.671. The van der Waals surface area contributed by atoms with Crippen molar-refractivity contribution >= 4 is 10.1 Å². The van der Waals surface area contributed by atoms with Crippen LogP contribution in [0.1, 0.15) is 0 Å². The first kappa shape index (κ1) is 19.0. The number of rotatable bonds is 5. The van der Waals surface area contributed by atoms with Crippen LogP contribution in [0.3, 0.4) is 0 Å². The molecule has 0 saturated heterocycles. The van der Waals surface area contributed by atoms with E-state index in [1.165, 1.54) is 0 Å². The lowest BCUT2D eigenvalue weighted by Crippen LogP contribution is -2.46. The molecule has 7 N–H and O–H groups in total. The molecule has 0 unspecified atom stereocenters. The van der Waals surface area contributed by atoms with Crippen molar-refractivity contribution in [3.63, 3.8) is 0 Å². The molecule has 106 valence electrons. The van der Waals surface area contributed by atoms with Gasteiger partial charge in [-0.2, -0.15) is 8.42 Å². The van der Waals surface area contributed by atoms with E-state index in [9.17, 15) is 8.42 Å². The second kappa shape index (κ2) is 8.72. The van der Waals surface area contributed by atoms with Gasteiger partial charge in [0.15, 0.2) is 0 Å². The van der Waals surface area contributed by atoms with E-state index < -0.39 is 47.7 Å². The minimum absolute atomic E-state index is 0.715. The summed E-state index contributed by atoms with van der Waals surface area (Å²) in [6, 6.07) is 0. The molecular weight excluding hydrogens is 260 g/mol. The summed E-state index contributed by atoms with van der Waals surface area (Å²) < 4.78 is 25.9. The minimum atomic E-state index is -3.67. The van der Waals surface area contributed by atoms with Crippen molar-refractivity contribution in [3.05, 3.63) is 0 Å². The van der Waals surface area contributed by atoms with Crippen molar-refractivity contribution in [2.75, 3.05) is 19.5 Å². The molecule has 0 amide bonds. The molecule has 0 rings (SSSR count). The maximum Gasteiger partial charge on any atom is 0.261 e. The molecule has 0 spiro atoms. The molecule has 0 aliphatic rings. The molecule has 0 radical (unpaired) electrons.